The SMILES string of the molecule is Cc1ccc(C(c2cccc(F)c2)N2CCCCC2C(=O)O)cc1. The molecule has 0 aromatic heterocycles. The number of rotatable bonds is 4. The van der Waals surface area contributed by atoms with E-state index in [0.29, 0.717) is 13.0 Å². The third-order valence-corrected chi connectivity index (χ3v) is 4.72. The van der Waals surface area contributed by atoms with Gasteiger partial charge in [-0.15, -0.1) is 0 Å². The van der Waals surface area contributed by atoms with Crippen LogP contribution in [0.15, 0.2) is 48.5 Å². The zero-order valence-electron chi connectivity index (χ0n) is 13.8. The Bertz CT molecular complexity index is 714. The lowest BCUT2D eigenvalue weighted by Gasteiger charge is -2.39. The Hall–Kier alpha value is -2.20. The highest BCUT2D eigenvalue weighted by Gasteiger charge is 2.35. The fraction of sp³-hybridized carbons (Fsp3) is 0.350. The van der Waals surface area contributed by atoms with E-state index in [0.717, 1.165) is 29.5 Å². The summed E-state index contributed by atoms with van der Waals surface area (Å²) in [6.07, 6.45) is 2.51. The first-order valence-electron chi connectivity index (χ1n) is 8.37. The second kappa shape index (κ2) is 7.14. The van der Waals surface area contributed by atoms with Crippen molar-refractivity contribution in [3.63, 3.8) is 0 Å². The molecule has 0 aliphatic carbocycles. The Balaban J connectivity index is 2.07. The number of likely N-dealkylation sites (tertiary alicyclic amines) is 1. The van der Waals surface area contributed by atoms with Crippen LogP contribution in [-0.2, 0) is 4.79 Å². The summed E-state index contributed by atoms with van der Waals surface area (Å²) in [4.78, 5) is 13.7. The number of hydrogen-bond acceptors (Lipinski definition) is 2. The fourth-order valence-electron chi connectivity index (χ4n) is 3.53. The first kappa shape index (κ1) is 16.7. The Morgan fingerprint density at radius 3 is 2.58 bits per heavy atom. The van der Waals surface area contributed by atoms with Crippen molar-refractivity contribution in [2.45, 2.75) is 38.3 Å². The zero-order chi connectivity index (χ0) is 17.1. The van der Waals surface area contributed by atoms with E-state index >= 15 is 0 Å². The largest absolute Gasteiger partial charge is 0.480 e. The van der Waals surface area contributed by atoms with Crippen molar-refractivity contribution >= 4 is 5.97 Å². The first-order valence-corrected chi connectivity index (χ1v) is 8.37. The van der Waals surface area contributed by atoms with Gasteiger partial charge in [0.2, 0.25) is 0 Å². The van der Waals surface area contributed by atoms with E-state index in [2.05, 4.69) is 0 Å². The number of nitrogens with zero attached hydrogens (tertiary/aromatic N) is 1. The molecule has 1 fully saturated rings. The maximum absolute atomic E-state index is 13.8. The molecule has 4 heteroatoms. The fourth-order valence-corrected chi connectivity index (χ4v) is 3.53. The average molecular weight is 327 g/mol. The van der Waals surface area contributed by atoms with Crippen molar-refractivity contribution in [1.82, 2.24) is 4.90 Å². The summed E-state index contributed by atoms with van der Waals surface area (Å²) < 4.78 is 13.8. The monoisotopic (exact) mass is 327 g/mol. The molecule has 1 aliphatic rings. The molecular weight excluding hydrogens is 305 g/mol. The van der Waals surface area contributed by atoms with Crippen LogP contribution in [0, 0.1) is 12.7 Å². The van der Waals surface area contributed by atoms with Gasteiger partial charge in [-0.1, -0.05) is 48.4 Å². The summed E-state index contributed by atoms with van der Waals surface area (Å²) in [5.41, 5.74) is 2.94. The molecule has 2 atom stereocenters. The number of aryl methyl sites for hydroxylation is 1. The van der Waals surface area contributed by atoms with Crippen LogP contribution in [0.2, 0.25) is 0 Å². The molecule has 0 radical (unpaired) electrons. The number of carbonyl (C=O) groups is 1. The molecule has 3 nitrogen and oxygen atoms in total. The van der Waals surface area contributed by atoms with Crippen molar-refractivity contribution in [2.24, 2.45) is 0 Å². The van der Waals surface area contributed by atoms with Crippen LogP contribution in [-0.4, -0.2) is 28.6 Å². The number of aliphatic carboxylic acids is 1. The van der Waals surface area contributed by atoms with Crippen molar-refractivity contribution in [3.05, 3.63) is 71.0 Å². The summed E-state index contributed by atoms with van der Waals surface area (Å²) in [5.74, 6) is -1.10. The minimum atomic E-state index is -0.803. The molecule has 2 aromatic carbocycles. The molecule has 0 saturated carbocycles. The summed E-state index contributed by atoms with van der Waals surface area (Å²) in [5, 5.41) is 9.63. The highest BCUT2D eigenvalue weighted by molar-refractivity contribution is 5.73. The summed E-state index contributed by atoms with van der Waals surface area (Å²) >= 11 is 0. The molecule has 24 heavy (non-hydrogen) atoms. The number of carboxylic acids is 1. The van der Waals surface area contributed by atoms with Crippen LogP contribution in [0.25, 0.3) is 0 Å². The summed E-state index contributed by atoms with van der Waals surface area (Å²) in [6, 6.07) is 13.8. The Kier molecular flexibility index (Phi) is 4.95. The Morgan fingerprint density at radius 1 is 1.17 bits per heavy atom. The van der Waals surface area contributed by atoms with Crippen LogP contribution < -0.4 is 0 Å². The Morgan fingerprint density at radius 2 is 1.92 bits per heavy atom. The number of piperidine rings is 1. The molecule has 126 valence electrons. The lowest BCUT2D eigenvalue weighted by Crippen LogP contribution is -2.46. The minimum Gasteiger partial charge on any atom is -0.480 e. The standard InChI is InChI=1S/C20H22FNO2/c1-14-8-10-15(11-9-14)19(16-5-4-6-17(21)13-16)22-12-3-2-7-18(22)20(23)24/h4-6,8-11,13,18-19H,2-3,7,12H2,1H3,(H,23,24). The molecule has 2 aromatic rings. The van der Waals surface area contributed by atoms with Gasteiger partial charge in [0, 0.05) is 0 Å². The van der Waals surface area contributed by atoms with Gasteiger partial charge in [0.25, 0.3) is 0 Å². The van der Waals surface area contributed by atoms with E-state index in [4.69, 9.17) is 0 Å². The molecule has 0 amide bonds. The van der Waals surface area contributed by atoms with Crippen molar-refractivity contribution in [1.29, 1.82) is 0 Å². The molecule has 1 saturated heterocycles. The smallest absolute Gasteiger partial charge is 0.320 e. The third-order valence-electron chi connectivity index (χ3n) is 4.72. The molecule has 1 N–H and O–H groups in total. The highest BCUT2D eigenvalue weighted by Crippen LogP contribution is 2.34. The number of halogens is 1. The predicted molar refractivity (Wildman–Crippen MR) is 91.4 cm³/mol. The van der Waals surface area contributed by atoms with Crippen LogP contribution >= 0.6 is 0 Å². The molecule has 2 unspecified atom stereocenters. The number of hydrogen-bond donors (Lipinski definition) is 1. The van der Waals surface area contributed by atoms with Gasteiger partial charge in [-0.3, -0.25) is 9.69 Å². The minimum absolute atomic E-state index is 0.248. The van der Waals surface area contributed by atoms with E-state index in [1.807, 2.05) is 42.2 Å². The van der Waals surface area contributed by atoms with Gasteiger partial charge in [-0.2, -0.15) is 0 Å². The molecule has 3 rings (SSSR count). The third kappa shape index (κ3) is 3.49. The van der Waals surface area contributed by atoms with Crippen molar-refractivity contribution in [3.8, 4) is 0 Å². The van der Waals surface area contributed by atoms with Gasteiger partial charge in [0.1, 0.15) is 11.9 Å². The number of benzene rings is 2. The predicted octanol–water partition coefficient (Wildman–Crippen LogP) is 4.16. The van der Waals surface area contributed by atoms with Crippen LogP contribution in [0.1, 0.15) is 42.0 Å². The quantitative estimate of drug-likeness (QED) is 0.916. The Labute approximate surface area is 141 Å². The van der Waals surface area contributed by atoms with Gasteiger partial charge >= 0.3 is 5.97 Å². The highest BCUT2D eigenvalue weighted by atomic mass is 19.1. The van der Waals surface area contributed by atoms with Gasteiger partial charge in [0.15, 0.2) is 0 Å². The van der Waals surface area contributed by atoms with Crippen molar-refractivity contribution in [2.75, 3.05) is 6.54 Å². The normalized spacial score (nSPS) is 19.8. The number of carboxylic acid groups (broad SMARTS) is 1. The van der Waals surface area contributed by atoms with E-state index < -0.39 is 12.0 Å². The van der Waals surface area contributed by atoms with Gasteiger partial charge in [0.05, 0.1) is 6.04 Å². The van der Waals surface area contributed by atoms with Crippen LogP contribution in [0.5, 0.6) is 0 Å². The van der Waals surface area contributed by atoms with Gasteiger partial charge in [-0.25, -0.2) is 4.39 Å². The molecule has 1 aliphatic heterocycles. The molecular formula is C20H22FNO2. The van der Waals surface area contributed by atoms with E-state index in [-0.39, 0.29) is 11.9 Å². The van der Waals surface area contributed by atoms with E-state index in [1.165, 1.54) is 12.1 Å². The first-order chi connectivity index (χ1) is 11.6. The summed E-state index contributed by atoms with van der Waals surface area (Å²) in [7, 11) is 0. The van der Waals surface area contributed by atoms with Gasteiger partial charge < -0.3 is 5.11 Å². The van der Waals surface area contributed by atoms with Gasteiger partial charge in [-0.05, 0) is 49.6 Å². The topological polar surface area (TPSA) is 40.5 Å². The van der Waals surface area contributed by atoms with Crippen LogP contribution in [0.4, 0.5) is 4.39 Å². The molecule has 0 spiro atoms. The second-order valence-corrected chi connectivity index (χ2v) is 6.46. The maximum atomic E-state index is 13.8. The molecule has 1 heterocycles. The maximum Gasteiger partial charge on any atom is 0.320 e. The summed E-state index contributed by atoms with van der Waals surface area (Å²) in [6.45, 7) is 2.72. The van der Waals surface area contributed by atoms with Crippen molar-refractivity contribution < 1.29 is 14.3 Å². The lowest BCUT2D eigenvalue weighted by atomic mass is 9.91. The van der Waals surface area contributed by atoms with E-state index in [1.54, 1.807) is 6.07 Å². The second-order valence-electron chi connectivity index (χ2n) is 6.46. The average Bonchev–Trinajstić information content (AvgIpc) is 2.57. The molecule has 0 bridgehead atoms. The van der Waals surface area contributed by atoms with Crippen LogP contribution in [0.3, 0.4) is 0 Å². The lowest BCUT2D eigenvalue weighted by molar-refractivity contribution is -0.145. The van der Waals surface area contributed by atoms with E-state index in [9.17, 15) is 14.3 Å². The zero-order valence-corrected chi connectivity index (χ0v) is 13.8.